The number of hydrogen-bond donors (Lipinski definition) is 0. The highest BCUT2D eigenvalue weighted by Crippen LogP contribution is 2.31. The zero-order chi connectivity index (χ0) is 22.1. The summed E-state index contributed by atoms with van der Waals surface area (Å²) in [5.41, 5.74) is 0.540. The number of ether oxygens (including phenoxy) is 2. The summed E-state index contributed by atoms with van der Waals surface area (Å²) in [5, 5.41) is 8.22. The molecule has 0 bridgehead atoms. The summed E-state index contributed by atoms with van der Waals surface area (Å²) in [4.78, 5) is 25.5. The summed E-state index contributed by atoms with van der Waals surface area (Å²) in [6, 6.07) is 0.100. The first-order valence-electron chi connectivity index (χ1n) is 10.9. The average molecular weight is 419 g/mol. The van der Waals surface area contributed by atoms with E-state index in [4.69, 9.17) is 9.47 Å². The smallest absolute Gasteiger partial charge is 0.306 e. The Hall–Kier alpha value is -2.40. The van der Waals surface area contributed by atoms with Crippen LogP contribution >= 0.6 is 0 Å². The van der Waals surface area contributed by atoms with Crippen LogP contribution in [0.1, 0.15) is 72.0 Å². The van der Waals surface area contributed by atoms with Gasteiger partial charge in [-0.15, -0.1) is 5.10 Å². The Bertz CT molecular complexity index is 763. The molecule has 0 radical (unpaired) electrons. The van der Waals surface area contributed by atoms with E-state index in [2.05, 4.69) is 29.1 Å². The van der Waals surface area contributed by atoms with E-state index in [0.29, 0.717) is 12.1 Å². The molecule has 8 nitrogen and oxygen atoms in total. The number of hydrogen-bond acceptors (Lipinski definition) is 6. The zero-order valence-corrected chi connectivity index (χ0v) is 18.8. The van der Waals surface area contributed by atoms with Gasteiger partial charge in [-0.25, -0.2) is 4.68 Å². The molecule has 1 aromatic heterocycles. The first-order chi connectivity index (χ1) is 14.4. The van der Waals surface area contributed by atoms with Crippen molar-refractivity contribution in [3.63, 3.8) is 0 Å². The van der Waals surface area contributed by atoms with Crippen LogP contribution in [0.2, 0.25) is 0 Å². The van der Waals surface area contributed by atoms with Crippen molar-refractivity contribution >= 4 is 11.9 Å². The van der Waals surface area contributed by atoms with Crippen LogP contribution in [0.4, 0.5) is 0 Å². The van der Waals surface area contributed by atoms with E-state index in [1.54, 1.807) is 17.8 Å². The predicted octanol–water partition coefficient (Wildman–Crippen LogP) is 2.59. The molecule has 0 spiro atoms. The Labute approximate surface area is 179 Å². The molecule has 0 aliphatic carbocycles. The molecule has 0 N–H and O–H groups in total. The van der Waals surface area contributed by atoms with Crippen molar-refractivity contribution in [3.05, 3.63) is 11.9 Å². The van der Waals surface area contributed by atoms with Crippen LogP contribution in [0.15, 0.2) is 6.20 Å². The van der Waals surface area contributed by atoms with E-state index in [9.17, 15) is 9.59 Å². The molecule has 166 valence electrons. The Morgan fingerprint density at radius 3 is 2.70 bits per heavy atom. The first-order valence-corrected chi connectivity index (χ1v) is 10.9. The van der Waals surface area contributed by atoms with E-state index < -0.39 is 0 Å². The quantitative estimate of drug-likeness (QED) is 0.453. The molecule has 4 atom stereocenters. The lowest BCUT2D eigenvalue weighted by Gasteiger charge is -2.26. The van der Waals surface area contributed by atoms with Gasteiger partial charge in [0.25, 0.3) is 0 Å². The maximum absolute atomic E-state index is 12.6. The molecule has 0 saturated carbocycles. The van der Waals surface area contributed by atoms with Gasteiger partial charge in [-0.2, -0.15) is 0 Å². The van der Waals surface area contributed by atoms with Crippen LogP contribution in [-0.4, -0.2) is 63.7 Å². The van der Waals surface area contributed by atoms with Gasteiger partial charge in [0.05, 0.1) is 30.4 Å². The first kappa shape index (κ1) is 23.9. The standard InChI is InChI=1S/C22H34N4O4/c1-6-21(27)29-13-9-10-18-15-26(24-23-18)16(4)14-19-11-12-20(30-19)17(5)22(28)25(7-2)8-3/h15-17,19-20H,6-8,11-14H2,1-5H3/t16-,17-,19+,20-/m1/s1. The fraction of sp³-hybridized carbons (Fsp3) is 0.727. The lowest BCUT2D eigenvalue weighted by atomic mass is 9.99. The Morgan fingerprint density at radius 2 is 2.03 bits per heavy atom. The maximum Gasteiger partial charge on any atom is 0.306 e. The molecule has 0 aromatic carbocycles. The third-order valence-corrected chi connectivity index (χ3v) is 5.54. The molecule has 8 heteroatoms. The van der Waals surface area contributed by atoms with Crippen molar-refractivity contribution in [2.45, 2.75) is 78.6 Å². The lowest BCUT2D eigenvalue weighted by Crippen LogP contribution is -2.39. The number of esters is 1. The van der Waals surface area contributed by atoms with E-state index in [1.807, 2.05) is 25.7 Å². The Morgan fingerprint density at radius 1 is 1.30 bits per heavy atom. The summed E-state index contributed by atoms with van der Waals surface area (Å²) < 4.78 is 12.9. The number of aromatic nitrogens is 3. The number of carbonyl (C=O) groups is 2. The van der Waals surface area contributed by atoms with Crippen molar-refractivity contribution in [3.8, 4) is 11.8 Å². The number of carbonyl (C=O) groups excluding carboxylic acids is 2. The van der Waals surface area contributed by atoms with E-state index >= 15 is 0 Å². The minimum atomic E-state index is -0.274. The van der Waals surface area contributed by atoms with Crippen molar-refractivity contribution in [2.24, 2.45) is 5.92 Å². The maximum atomic E-state index is 12.6. The summed E-state index contributed by atoms with van der Waals surface area (Å²) in [6.45, 7) is 11.3. The number of rotatable bonds is 9. The SMILES string of the molecule is CCC(=O)OCC#Cc1cn([C@H](C)C[C@@H]2CC[C@H]([C@@H](C)C(=O)N(CC)CC)O2)nn1. The zero-order valence-electron chi connectivity index (χ0n) is 18.8. The third kappa shape index (κ3) is 6.56. The molecule has 1 aromatic rings. The predicted molar refractivity (Wildman–Crippen MR) is 112 cm³/mol. The van der Waals surface area contributed by atoms with Crippen molar-refractivity contribution in [2.75, 3.05) is 19.7 Å². The Balaban J connectivity index is 1.84. The largest absolute Gasteiger partial charge is 0.452 e. The molecule has 1 saturated heterocycles. The average Bonchev–Trinajstić information content (AvgIpc) is 3.41. The van der Waals surface area contributed by atoms with E-state index in [0.717, 1.165) is 32.4 Å². The molecule has 2 rings (SSSR count). The van der Waals surface area contributed by atoms with Crippen LogP contribution in [-0.2, 0) is 19.1 Å². The van der Waals surface area contributed by atoms with Gasteiger partial charge >= 0.3 is 5.97 Å². The fourth-order valence-corrected chi connectivity index (χ4v) is 3.64. The summed E-state index contributed by atoms with van der Waals surface area (Å²) in [5.74, 6) is 5.40. The molecular formula is C22H34N4O4. The molecule has 30 heavy (non-hydrogen) atoms. The molecule has 1 fully saturated rings. The van der Waals surface area contributed by atoms with Gasteiger partial charge < -0.3 is 14.4 Å². The molecule has 2 heterocycles. The minimum Gasteiger partial charge on any atom is -0.452 e. The number of nitrogens with zero attached hydrogens (tertiary/aromatic N) is 4. The molecule has 1 aliphatic rings. The molecule has 1 aliphatic heterocycles. The van der Waals surface area contributed by atoms with Crippen LogP contribution in [0.5, 0.6) is 0 Å². The minimum absolute atomic E-state index is 0.0293. The van der Waals surface area contributed by atoms with E-state index in [1.165, 1.54) is 0 Å². The van der Waals surface area contributed by atoms with Crippen molar-refractivity contribution in [1.82, 2.24) is 19.9 Å². The lowest BCUT2D eigenvalue weighted by molar-refractivity contribution is -0.142. The summed E-state index contributed by atoms with van der Waals surface area (Å²) in [6.07, 6.45) is 4.83. The van der Waals surface area contributed by atoms with Crippen molar-refractivity contribution in [1.29, 1.82) is 0 Å². The normalized spacial score (nSPS) is 20.2. The van der Waals surface area contributed by atoms with Gasteiger partial charge in [-0.1, -0.05) is 25.0 Å². The second-order valence-corrected chi connectivity index (χ2v) is 7.66. The van der Waals surface area contributed by atoms with Crippen LogP contribution < -0.4 is 0 Å². The second-order valence-electron chi connectivity index (χ2n) is 7.66. The highest BCUT2D eigenvalue weighted by molar-refractivity contribution is 5.79. The third-order valence-electron chi connectivity index (χ3n) is 5.54. The van der Waals surface area contributed by atoms with Gasteiger partial charge in [-0.3, -0.25) is 9.59 Å². The van der Waals surface area contributed by atoms with Gasteiger partial charge in [0, 0.05) is 19.5 Å². The van der Waals surface area contributed by atoms with E-state index in [-0.39, 0.29) is 42.7 Å². The topological polar surface area (TPSA) is 86.5 Å². The summed E-state index contributed by atoms with van der Waals surface area (Å²) in [7, 11) is 0. The fourth-order valence-electron chi connectivity index (χ4n) is 3.64. The van der Waals surface area contributed by atoms with Gasteiger partial charge in [0.2, 0.25) is 5.91 Å². The van der Waals surface area contributed by atoms with Crippen LogP contribution in [0, 0.1) is 17.8 Å². The van der Waals surface area contributed by atoms with Gasteiger partial charge in [-0.05, 0) is 46.0 Å². The van der Waals surface area contributed by atoms with Crippen molar-refractivity contribution < 1.29 is 19.1 Å². The monoisotopic (exact) mass is 418 g/mol. The molecule has 1 amide bonds. The Kier molecular flexibility index (Phi) is 9.31. The highest BCUT2D eigenvalue weighted by atomic mass is 16.5. The highest BCUT2D eigenvalue weighted by Gasteiger charge is 2.35. The molecular weight excluding hydrogens is 384 g/mol. The van der Waals surface area contributed by atoms with Gasteiger partial charge in [0.1, 0.15) is 0 Å². The van der Waals surface area contributed by atoms with Crippen LogP contribution in [0.25, 0.3) is 0 Å². The number of amides is 1. The van der Waals surface area contributed by atoms with Crippen LogP contribution in [0.3, 0.4) is 0 Å². The molecule has 0 unspecified atom stereocenters. The van der Waals surface area contributed by atoms with Gasteiger partial charge in [0.15, 0.2) is 12.3 Å². The second kappa shape index (κ2) is 11.7. The summed E-state index contributed by atoms with van der Waals surface area (Å²) >= 11 is 0.